The number of carbonyl (C=O) groups is 1. The third-order valence-electron chi connectivity index (χ3n) is 2.59. The average Bonchev–Trinajstić information content (AvgIpc) is 2.22. The Morgan fingerprint density at radius 2 is 1.82 bits per heavy atom. The molecule has 0 fully saturated rings. The molecule has 0 aliphatic heterocycles. The quantitative estimate of drug-likeness (QED) is 0.821. The zero-order valence-electron chi connectivity index (χ0n) is 9.44. The van der Waals surface area contributed by atoms with Gasteiger partial charge in [0.2, 0.25) is 5.78 Å². The van der Waals surface area contributed by atoms with Gasteiger partial charge >= 0.3 is 0 Å². The summed E-state index contributed by atoms with van der Waals surface area (Å²) < 4.78 is 23.3. The van der Waals surface area contributed by atoms with Crippen LogP contribution in [0.25, 0.3) is 6.08 Å². The molecule has 2 rings (SSSR count). The van der Waals surface area contributed by atoms with Crippen LogP contribution in [0.4, 0.5) is 0 Å². The van der Waals surface area contributed by atoms with Crippen LogP contribution in [0.15, 0.2) is 23.1 Å². The molecule has 0 saturated heterocycles. The van der Waals surface area contributed by atoms with E-state index in [9.17, 15) is 13.2 Å². The van der Waals surface area contributed by atoms with Gasteiger partial charge in [-0.1, -0.05) is 6.08 Å². The molecule has 0 spiro atoms. The second-order valence-corrected chi connectivity index (χ2v) is 6.06. The Morgan fingerprint density at radius 3 is 2.41 bits per heavy atom. The van der Waals surface area contributed by atoms with E-state index in [1.165, 1.54) is 12.2 Å². The summed E-state index contributed by atoms with van der Waals surface area (Å²) in [5, 5.41) is 7.44. The molecule has 1 aliphatic carbocycles. The number of Topliss-reactive ketones (excluding diaryl/α,β-unsaturated/α-hetero) is 1. The van der Waals surface area contributed by atoms with Crippen molar-refractivity contribution in [1.82, 2.24) is 0 Å². The first-order valence-electron chi connectivity index (χ1n) is 4.97. The van der Waals surface area contributed by atoms with E-state index in [0.29, 0.717) is 11.1 Å². The lowest BCUT2D eigenvalue weighted by molar-refractivity contribution is 0.106. The van der Waals surface area contributed by atoms with Gasteiger partial charge in [0, 0.05) is 17.4 Å². The standard InChI is InChI=1S/C12H11NO3S/c1-7-5-9-8(3-4-10(13)12(9)14)11(6-7)17(2,15)16/h3-6,13H,1-2H3. The van der Waals surface area contributed by atoms with Gasteiger partial charge < -0.3 is 0 Å². The van der Waals surface area contributed by atoms with Gasteiger partial charge in [-0.2, -0.15) is 0 Å². The molecule has 0 saturated carbocycles. The fraction of sp³-hybridized carbons (Fsp3) is 0.167. The summed E-state index contributed by atoms with van der Waals surface area (Å²) in [7, 11) is -3.38. The lowest BCUT2D eigenvalue weighted by atomic mass is 9.93. The third kappa shape index (κ3) is 1.93. The first kappa shape index (κ1) is 11.7. The number of ketones is 1. The molecule has 0 bridgehead atoms. The van der Waals surface area contributed by atoms with E-state index in [0.717, 1.165) is 6.26 Å². The predicted octanol–water partition coefficient (Wildman–Crippen LogP) is 1.63. The van der Waals surface area contributed by atoms with Gasteiger partial charge in [-0.25, -0.2) is 8.42 Å². The number of aryl methyl sites for hydroxylation is 1. The highest BCUT2D eigenvalue weighted by atomic mass is 32.2. The van der Waals surface area contributed by atoms with E-state index in [4.69, 9.17) is 5.41 Å². The molecule has 0 aromatic heterocycles. The fourth-order valence-corrected chi connectivity index (χ4v) is 2.80. The van der Waals surface area contributed by atoms with Gasteiger partial charge in [0.15, 0.2) is 9.84 Å². The van der Waals surface area contributed by atoms with Crippen molar-refractivity contribution >= 4 is 27.4 Å². The average molecular weight is 249 g/mol. The highest BCUT2D eigenvalue weighted by Gasteiger charge is 2.24. The predicted molar refractivity (Wildman–Crippen MR) is 65.4 cm³/mol. The first-order valence-corrected chi connectivity index (χ1v) is 6.86. The molecule has 4 nitrogen and oxygen atoms in total. The molecule has 17 heavy (non-hydrogen) atoms. The number of carbonyl (C=O) groups excluding carboxylic acids is 1. The van der Waals surface area contributed by atoms with Crippen LogP contribution in [0.3, 0.4) is 0 Å². The normalized spacial score (nSPS) is 14.9. The number of sulfone groups is 1. The summed E-state index contributed by atoms with van der Waals surface area (Å²) in [5.41, 5.74) is 1.25. The minimum atomic E-state index is -3.38. The van der Waals surface area contributed by atoms with E-state index in [1.54, 1.807) is 19.1 Å². The molecular formula is C12H11NO3S. The zero-order valence-corrected chi connectivity index (χ0v) is 10.3. The van der Waals surface area contributed by atoms with E-state index < -0.39 is 15.6 Å². The second-order valence-electron chi connectivity index (χ2n) is 4.07. The number of hydrogen-bond donors (Lipinski definition) is 1. The minimum absolute atomic E-state index is 0.123. The number of fused-ring (bicyclic) bond motifs is 1. The molecule has 0 atom stereocenters. The van der Waals surface area contributed by atoms with Gasteiger partial charge in [0.05, 0.1) is 4.90 Å². The Bertz CT molecular complexity index is 669. The van der Waals surface area contributed by atoms with E-state index in [2.05, 4.69) is 0 Å². The van der Waals surface area contributed by atoms with Crippen LogP contribution in [0, 0.1) is 12.3 Å². The number of benzene rings is 1. The maximum Gasteiger partial charge on any atom is 0.211 e. The molecule has 1 aromatic carbocycles. The SMILES string of the molecule is Cc1cc2c(c(S(C)(=O)=O)c1)C=CC(=N)C2=O. The van der Waals surface area contributed by atoms with Crippen LogP contribution in [-0.4, -0.2) is 26.2 Å². The van der Waals surface area contributed by atoms with Crippen molar-refractivity contribution in [3.63, 3.8) is 0 Å². The molecule has 0 amide bonds. The smallest absolute Gasteiger partial charge is 0.211 e. The van der Waals surface area contributed by atoms with Crippen molar-refractivity contribution in [2.75, 3.05) is 6.26 Å². The number of nitrogens with one attached hydrogen (secondary N) is 1. The molecule has 5 heteroatoms. The lowest BCUT2D eigenvalue weighted by Crippen LogP contribution is -2.18. The van der Waals surface area contributed by atoms with Gasteiger partial charge in [-0.3, -0.25) is 10.2 Å². The Kier molecular flexibility index (Phi) is 2.50. The minimum Gasteiger partial charge on any atom is -0.297 e. The Balaban J connectivity index is 2.86. The van der Waals surface area contributed by atoms with Crippen molar-refractivity contribution in [1.29, 1.82) is 5.41 Å². The fourth-order valence-electron chi connectivity index (χ4n) is 1.82. The maximum absolute atomic E-state index is 11.8. The number of allylic oxidation sites excluding steroid dienone is 1. The van der Waals surface area contributed by atoms with Crippen molar-refractivity contribution in [3.8, 4) is 0 Å². The van der Waals surface area contributed by atoms with Crippen molar-refractivity contribution < 1.29 is 13.2 Å². The summed E-state index contributed by atoms with van der Waals surface area (Å²) in [5.74, 6) is -0.434. The molecule has 0 unspecified atom stereocenters. The van der Waals surface area contributed by atoms with Crippen molar-refractivity contribution in [2.24, 2.45) is 0 Å². The zero-order chi connectivity index (χ0) is 12.8. The van der Waals surface area contributed by atoms with Crippen LogP contribution in [-0.2, 0) is 9.84 Å². The first-order chi connectivity index (χ1) is 7.80. The van der Waals surface area contributed by atoms with Crippen LogP contribution in [0.2, 0.25) is 0 Å². The number of hydrogen-bond acceptors (Lipinski definition) is 4. The molecular weight excluding hydrogens is 238 g/mol. The summed E-state index contributed by atoms with van der Waals surface area (Å²) in [4.78, 5) is 11.9. The molecule has 1 aliphatic rings. The largest absolute Gasteiger partial charge is 0.297 e. The van der Waals surface area contributed by atoms with Gasteiger partial charge in [-0.05, 0) is 30.7 Å². The molecule has 1 N–H and O–H groups in total. The third-order valence-corrected chi connectivity index (χ3v) is 3.73. The molecule has 88 valence electrons. The highest BCUT2D eigenvalue weighted by Crippen LogP contribution is 2.26. The Labute approximate surface area is 99.4 Å². The van der Waals surface area contributed by atoms with Crippen LogP contribution >= 0.6 is 0 Å². The Hall–Kier alpha value is -1.75. The van der Waals surface area contributed by atoms with E-state index in [-0.39, 0.29) is 16.2 Å². The van der Waals surface area contributed by atoms with E-state index >= 15 is 0 Å². The van der Waals surface area contributed by atoms with Crippen molar-refractivity contribution in [3.05, 3.63) is 34.9 Å². The maximum atomic E-state index is 11.8. The van der Waals surface area contributed by atoms with Crippen molar-refractivity contribution in [2.45, 2.75) is 11.8 Å². The summed E-state index contributed by atoms with van der Waals surface area (Å²) in [6.45, 7) is 1.73. The molecule has 0 heterocycles. The molecule has 1 aromatic rings. The number of rotatable bonds is 1. The van der Waals surface area contributed by atoms with Gasteiger partial charge in [0.1, 0.15) is 5.71 Å². The van der Waals surface area contributed by atoms with Crippen LogP contribution < -0.4 is 0 Å². The van der Waals surface area contributed by atoms with Gasteiger partial charge in [-0.15, -0.1) is 0 Å². The summed E-state index contributed by atoms with van der Waals surface area (Å²) in [6.07, 6.45) is 3.95. The summed E-state index contributed by atoms with van der Waals surface area (Å²) in [6, 6.07) is 3.16. The van der Waals surface area contributed by atoms with Gasteiger partial charge in [0.25, 0.3) is 0 Å². The molecule has 0 radical (unpaired) electrons. The lowest BCUT2D eigenvalue weighted by Gasteiger charge is -2.14. The highest BCUT2D eigenvalue weighted by molar-refractivity contribution is 7.90. The summed E-state index contributed by atoms with van der Waals surface area (Å²) >= 11 is 0. The van der Waals surface area contributed by atoms with Crippen LogP contribution in [0.1, 0.15) is 21.5 Å². The monoisotopic (exact) mass is 249 g/mol. The topological polar surface area (TPSA) is 75.1 Å². The van der Waals surface area contributed by atoms with Crippen LogP contribution in [0.5, 0.6) is 0 Å². The second kappa shape index (κ2) is 3.63. The Morgan fingerprint density at radius 1 is 1.18 bits per heavy atom. The van der Waals surface area contributed by atoms with E-state index in [1.807, 2.05) is 0 Å².